The fraction of sp³-hybridized carbons (Fsp3) is 0.562. The van der Waals surface area contributed by atoms with Gasteiger partial charge in [-0.1, -0.05) is 32.3 Å². The van der Waals surface area contributed by atoms with Crippen molar-refractivity contribution in [1.29, 1.82) is 0 Å². The summed E-state index contributed by atoms with van der Waals surface area (Å²) in [7, 11) is 0. The lowest BCUT2D eigenvalue weighted by Gasteiger charge is -2.21. The quantitative estimate of drug-likeness (QED) is 0.854. The first-order valence-corrected chi connectivity index (χ1v) is 7.11. The van der Waals surface area contributed by atoms with Crippen LogP contribution in [0.15, 0.2) is 18.2 Å². The lowest BCUT2D eigenvalue weighted by Crippen LogP contribution is -2.24. The third-order valence-corrected chi connectivity index (χ3v) is 3.97. The number of nitrogens with one attached hydrogen (secondary N) is 1. The third kappa shape index (κ3) is 3.12. The van der Waals surface area contributed by atoms with Crippen molar-refractivity contribution in [2.75, 3.05) is 5.32 Å². The highest BCUT2D eigenvalue weighted by molar-refractivity contribution is 5.92. The van der Waals surface area contributed by atoms with Crippen LogP contribution in [0, 0.1) is 12.8 Å². The Morgan fingerprint density at radius 3 is 2.61 bits per heavy atom. The molecule has 0 unspecified atom stereocenters. The molecule has 2 heteroatoms. The SMILES string of the molecule is CCc1ccc(NC(=O)C2CCCCC2)cc1C. The van der Waals surface area contributed by atoms with Gasteiger partial charge >= 0.3 is 0 Å². The molecule has 18 heavy (non-hydrogen) atoms. The second kappa shape index (κ2) is 6.03. The molecule has 1 aromatic carbocycles. The molecule has 2 nitrogen and oxygen atoms in total. The molecule has 1 aliphatic carbocycles. The van der Waals surface area contributed by atoms with Crippen LogP contribution in [-0.2, 0) is 11.2 Å². The van der Waals surface area contributed by atoms with Crippen molar-refractivity contribution in [3.05, 3.63) is 29.3 Å². The molecule has 0 atom stereocenters. The summed E-state index contributed by atoms with van der Waals surface area (Å²) in [6.07, 6.45) is 6.84. The zero-order valence-corrected chi connectivity index (χ0v) is 11.5. The van der Waals surface area contributed by atoms with E-state index in [-0.39, 0.29) is 11.8 Å². The maximum Gasteiger partial charge on any atom is 0.227 e. The van der Waals surface area contributed by atoms with Gasteiger partial charge in [-0.15, -0.1) is 0 Å². The number of hydrogen-bond donors (Lipinski definition) is 1. The van der Waals surface area contributed by atoms with E-state index in [0.29, 0.717) is 0 Å². The lowest BCUT2D eigenvalue weighted by molar-refractivity contribution is -0.120. The number of amides is 1. The minimum absolute atomic E-state index is 0.207. The number of hydrogen-bond acceptors (Lipinski definition) is 1. The van der Waals surface area contributed by atoms with Crippen LogP contribution in [-0.4, -0.2) is 5.91 Å². The van der Waals surface area contributed by atoms with Crippen molar-refractivity contribution in [2.24, 2.45) is 5.92 Å². The van der Waals surface area contributed by atoms with Crippen LogP contribution in [0.5, 0.6) is 0 Å². The van der Waals surface area contributed by atoms with E-state index in [1.807, 2.05) is 6.07 Å². The van der Waals surface area contributed by atoms with Crippen molar-refractivity contribution in [2.45, 2.75) is 52.4 Å². The molecule has 98 valence electrons. The summed E-state index contributed by atoms with van der Waals surface area (Å²) >= 11 is 0. The highest BCUT2D eigenvalue weighted by Gasteiger charge is 2.20. The van der Waals surface area contributed by atoms with Crippen LogP contribution in [0.4, 0.5) is 5.69 Å². The first-order valence-electron chi connectivity index (χ1n) is 7.11. The van der Waals surface area contributed by atoms with Gasteiger partial charge in [0.2, 0.25) is 5.91 Å². The second-order valence-electron chi connectivity index (χ2n) is 5.32. The Balaban J connectivity index is 2.00. The van der Waals surface area contributed by atoms with Gasteiger partial charge in [0, 0.05) is 11.6 Å². The van der Waals surface area contributed by atoms with Gasteiger partial charge < -0.3 is 5.32 Å². The first-order chi connectivity index (χ1) is 8.70. The molecule has 0 aromatic heterocycles. The molecule has 1 aromatic rings. The monoisotopic (exact) mass is 245 g/mol. The van der Waals surface area contributed by atoms with Crippen LogP contribution in [0.2, 0.25) is 0 Å². The van der Waals surface area contributed by atoms with Gasteiger partial charge in [-0.05, 0) is 49.4 Å². The van der Waals surface area contributed by atoms with Crippen molar-refractivity contribution >= 4 is 11.6 Å². The summed E-state index contributed by atoms with van der Waals surface area (Å²) in [6, 6.07) is 6.22. The zero-order valence-electron chi connectivity index (χ0n) is 11.5. The van der Waals surface area contributed by atoms with E-state index in [1.54, 1.807) is 0 Å². The van der Waals surface area contributed by atoms with E-state index in [4.69, 9.17) is 0 Å². The molecule has 1 saturated carbocycles. The van der Waals surface area contributed by atoms with Gasteiger partial charge in [0.05, 0.1) is 0 Å². The second-order valence-corrected chi connectivity index (χ2v) is 5.32. The van der Waals surface area contributed by atoms with Gasteiger partial charge in [0.25, 0.3) is 0 Å². The van der Waals surface area contributed by atoms with Crippen LogP contribution >= 0.6 is 0 Å². The molecule has 1 amide bonds. The average Bonchev–Trinajstić information content (AvgIpc) is 2.40. The topological polar surface area (TPSA) is 29.1 Å². The number of carbonyl (C=O) groups excluding carboxylic acids is 1. The Hall–Kier alpha value is -1.31. The van der Waals surface area contributed by atoms with Gasteiger partial charge in [0.15, 0.2) is 0 Å². The molecule has 2 rings (SSSR count). The molecule has 1 fully saturated rings. The van der Waals surface area contributed by atoms with Crippen LogP contribution < -0.4 is 5.32 Å². The predicted octanol–water partition coefficient (Wildman–Crippen LogP) is 4.08. The van der Waals surface area contributed by atoms with Gasteiger partial charge in [-0.2, -0.15) is 0 Å². The number of benzene rings is 1. The molecule has 0 bridgehead atoms. The highest BCUT2D eigenvalue weighted by atomic mass is 16.1. The zero-order chi connectivity index (χ0) is 13.0. The number of aryl methyl sites for hydroxylation is 2. The summed E-state index contributed by atoms with van der Waals surface area (Å²) < 4.78 is 0. The Labute approximate surface area is 110 Å². The minimum atomic E-state index is 0.207. The van der Waals surface area contributed by atoms with Crippen LogP contribution in [0.3, 0.4) is 0 Å². The standard InChI is InChI=1S/C16H23NO/c1-3-13-9-10-15(11-12(13)2)17-16(18)14-7-5-4-6-8-14/h9-11,14H,3-8H2,1-2H3,(H,17,18). The largest absolute Gasteiger partial charge is 0.326 e. The van der Waals surface area contributed by atoms with Crippen molar-refractivity contribution < 1.29 is 4.79 Å². The number of rotatable bonds is 3. The van der Waals surface area contributed by atoms with Crippen molar-refractivity contribution in [3.63, 3.8) is 0 Å². The predicted molar refractivity (Wildman–Crippen MR) is 75.8 cm³/mol. The molecule has 1 N–H and O–H groups in total. The number of carbonyl (C=O) groups is 1. The smallest absolute Gasteiger partial charge is 0.227 e. The molecule has 0 spiro atoms. The lowest BCUT2D eigenvalue weighted by atomic mass is 9.88. The maximum absolute atomic E-state index is 12.1. The number of anilines is 1. The molecule has 0 aliphatic heterocycles. The van der Waals surface area contributed by atoms with E-state index in [1.165, 1.54) is 30.4 Å². The van der Waals surface area contributed by atoms with Crippen molar-refractivity contribution in [3.8, 4) is 0 Å². The summed E-state index contributed by atoms with van der Waals surface area (Å²) in [5.74, 6) is 0.434. The molecule has 0 radical (unpaired) electrons. The fourth-order valence-electron chi connectivity index (χ4n) is 2.78. The molecule has 0 heterocycles. The first kappa shape index (κ1) is 13.1. The average molecular weight is 245 g/mol. The Kier molecular flexibility index (Phi) is 4.40. The Bertz CT molecular complexity index is 419. The summed E-state index contributed by atoms with van der Waals surface area (Å²) in [5.41, 5.74) is 3.56. The highest BCUT2D eigenvalue weighted by Crippen LogP contribution is 2.25. The molecular weight excluding hydrogens is 222 g/mol. The van der Waals surface area contributed by atoms with E-state index in [2.05, 4.69) is 31.3 Å². The summed E-state index contributed by atoms with van der Waals surface area (Å²) in [4.78, 5) is 12.1. The molecular formula is C16H23NO. The fourth-order valence-corrected chi connectivity index (χ4v) is 2.78. The van der Waals surface area contributed by atoms with E-state index in [9.17, 15) is 4.79 Å². The summed E-state index contributed by atoms with van der Waals surface area (Å²) in [5, 5.41) is 3.06. The van der Waals surface area contributed by atoms with Gasteiger partial charge in [-0.3, -0.25) is 4.79 Å². The normalized spacial score (nSPS) is 16.6. The molecule has 1 aliphatic rings. The minimum Gasteiger partial charge on any atom is -0.326 e. The summed E-state index contributed by atoms with van der Waals surface area (Å²) in [6.45, 7) is 4.26. The van der Waals surface area contributed by atoms with E-state index < -0.39 is 0 Å². The third-order valence-electron chi connectivity index (χ3n) is 3.97. The van der Waals surface area contributed by atoms with Gasteiger partial charge in [-0.25, -0.2) is 0 Å². The Morgan fingerprint density at radius 2 is 2.00 bits per heavy atom. The van der Waals surface area contributed by atoms with E-state index in [0.717, 1.165) is 24.9 Å². The van der Waals surface area contributed by atoms with Crippen LogP contribution in [0.1, 0.15) is 50.2 Å². The maximum atomic E-state index is 12.1. The molecule has 0 saturated heterocycles. The Morgan fingerprint density at radius 1 is 1.28 bits per heavy atom. The van der Waals surface area contributed by atoms with E-state index >= 15 is 0 Å². The van der Waals surface area contributed by atoms with Gasteiger partial charge in [0.1, 0.15) is 0 Å². The van der Waals surface area contributed by atoms with Crippen molar-refractivity contribution in [1.82, 2.24) is 0 Å². The van der Waals surface area contributed by atoms with Crippen LogP contribution in [0.25, 0.3) is 0 Å².